The van der Waals surface area contributed by atoms with E-state index in [9.17, 15) is 9.18 Å². The molecule has 2 aliphatic rings. The van der Waals surface area contributed by atoms with E-state index in [4.69, 9.17) is 9.15 Å². The minimum Gasteiger partial charge on any atom is -0.486 e. The number of rotatable bonds is 7. The molecular formula is C22H28FN3O3S. The lowest BCUT2D eigenvalue weighted by Gasteiger charge is -2.31. The molecule has 2 aromatic rings. The maximum Gasteiger partial charge on any atom is 0.227 e. The second-order valence-corrected chi connectivity index (χ2v) is 9.62. The highest BCUT2D eigenvalue weighted by molar-refractivity contribution is 7.94. The van der Waals surface area contributed by atoms with Crippen molar-refractivity contribution in [1.82, 2.24) is 13.5 Å². The molecular weight excluding hydrogens is 405 g/mol. The second kappa shape index (κ2) is 9.51. The third-order valence-corrected chi connectivity index (χ3v) is 6.44. The molecule has 2 aliphatic heterocycles. The van der Waals surface area contributed by atoms with Gasteiger partial charge in [0.15, 0.2) is 0 Å². The van der Waals surface area contributed by atoms with Crippen LogP contribution in [0.3, 0.4) is 0 Å². The SMILES string of the molecule is CN(C)SN1CCC(COc2coc(CN3Cc4ccc(F)cc4C3)cc2=O)CC1. The standard InChI is InChI=1S/C22H28FN3O3S/c1-24(2)30-26-7-5-16(6-8-26)14-29-22-15-28-20(10-21(22)27)13-25-11-17-3-4-19(23)9-18(17)12-25/h3-4,9-10,15-16H,5-8,11-14H2,1-2H3. The quantitative estimate of drug-likeness (QED) is 0.620. The first kappa shape index (κ1) is 21.4. The third kappa shape index (κ3) is 5.43. The summed E-state index contributed by atoms with van der Waals surface area (Å²) in [5, 5.41) is 0. The van der Waals surface area contributed by atoms with Crippen molar-refractivity contribution in [2.75, 3.05) is 33.8 Å². The van der Waals surface area contributed by atoms with Crippen LogP contribution in [0.25, 0.3) is 0 Å². The van der Waals surface area contributed by atoms with Gasteiger partial charge in [0, 0.05) is 44.4 Å². The Kier molecular flexibility index (Phi) is 6.77. The van der Waals surface area contributed by atoms with E-state index in [1.54, 1.807) is 18.2 Å². The Bertz CT molecular complexity index is 928. The van der Waals surface area contributed by atoms with Crippen LogP contribution in [-0.4, -0.2) is 47.3 Å². The number of benzene rings is 1. The smallest absolute Gasteiger partial charge is 0.227 e. The number of nitrogens with zero attached hydrogens (tertiary/aromatic N) is 3. The second-order valence-electron chi connectivity index (χ2n) is 8.21. The van der Waals surface area contributed by atoms with Crippen LogP contribution < -0.4 is 10.2 Å². The largest absolute Gasteiger partial charge is 0.486 e. The highest BCUT2D eigenvalue weighted by Gasteiger charge is 2.22. The Hall–Kier alpha value is -1.87. The van der Waals surface area contributed by atoms with Crippen molar-refractivity contribution >= 4 is 12.1 Å². The molecule has 3 heterocycles. The Labute approximate surface area is 180 Å². The fraction of sp³-hybridized carbons (Fsp3) is 0.500. The molecule has 6 nitrogen and oxygen atoms in total. The molecule has 0 spiro atoms. The molecule has 0 atom stereocenters. The molecule has 0 N–H and O–H groups in total. The van der Waals surface area contributed by atoms with Crippen LogP contribution in [-0.2, 0) is 19.6 Å². The predicted octanol–water partition coefficient (Wildman–Crippen LogP) is 3.51. The van der Waals surface area contributed by atoms with Crippen LogP contribution in [0.2, 0.25) is 0 Å². The fourth-order valence-corrected chi connectivity index (χ4v) is 4.82. The summed E-state index contributed by atoms with van der Waals surface area (Å²) in [7, 11) is 4.09. The first-order valence-electron chi connectivity index (χ1n) is 10.3. The normalized spacial score (nSPS) is 18.1. The van der Waals surface area contributed by atoms with Gasteiger partial charge in [-0.15, -0.1) is 0 Å². The summed E-state index contributed by atoms with van der Waals surface area (Å²) < 4.78 is 29.3. The van der Waals surface area contributed by atoms with E-state index in [0.717, 1.165) is 43.6 Å². The average molecular weight is 434 g/mol. The van der Waals surface area contributed by atoms with Gasteiger partial charge >= 0.3 is 0 Å². The van der Waals surface area contributed by atoms with Crippen LogP contribution in [0.5, 0.6) is 5.75 Å². The van der Waals surface area contributed by atoms with E-state index in [1.807, 2.05) is 20.2 Å². The first-order chi connectivity index (χ1) is 14.5. The minimum absolute atomic E-state index is 0.153. The summed E-state index contributed by atoms with van der Waals surface area (Å²) in [5.74, 6) is 1.10. The van der Waals surface area contributed by atoms with Crippen molar-refractivity contribution in [1.29, 1.82) is 0 Å². The van der Waals surface area contributed by atoms with Crippen molar-refractivity contribution in [3.63, 3.8) is 0 Å². The van der Waals surface area contributed by atoms with Crippen molar-refractivity contribution in [2.24, 2.45) is 5.92 Å². The molecule has 4 rings (SSSR count). The topological polar surface area (TPSA) is 49.2 Å². The van der Waals surface area contributed by atoms with E-state index >= 15 is 0 Å². The van der Waals surface area contributed by atoms with Gasteiger partial charge in [-0.05, 0) is 56.1 Å². The van der Waals surface area contributed by atoms with Crippen LogP contribution in [0.4, 0.5) is 4.39 Å². The van der Waals surface area contributed by atoms with Gasteiger partial charge < -0.3 is 9.15 Å². The number of ether oxygens (including phenoxy) is 1. The van der Waals surface area contributed by atoms with E-state index in [1.165, 1.54) is 18.4 Å². The predicted molar refractivity (Wildman–Crippen MR) is 115 cm³/mol. The van der Waals surface area contributed by atoms with Crippen molar-refractivity contribution < 1.29 is 13.5 Å². The maximum atomic E-state index is 13.4. The lowest BCUT2D eigenvalue weighted by Crippen LogP contribution is -2.33. The summed E-state index contributed by atoms with van der Waals surface area (Å²) in [5.41, 5.74) is 1.96. The average Bonchev–Trinajstić information content (AvgIpc) is 3.09. The van der Waals surface area contributed by atoms with Gasteiger partial charge in [0.2, 0.25) is 11.2 Å². The van der Waals surface area contributed by atoms with Crippen molar-refractivity contribution in [3.8, 4) is 5.75 Å². The lowest BCUT2D eigenvalue weighted by atomic mass is 9.99. The molecule has 162 valence electrons. The Morgan fingerprint density at radius 3 is 2.70 bits per heavy atom. The van der Waals surface area contributed by atoms with E-state index in [0.29, 0.717) is 31.4 Å². The number of hydrogen-bond acceptors (Lipinski definition) is 7. The molecule has 0 bridgehead atoms. The van der Waals surface area contributed by atoms with Gasteiger partial charge in [-0.25, -0.2) is 13.0 Å². The molecule has 0 radical (unpaired) electrons. The van der Waals surface area contributed by atoms with Gasteiger partial charge in [0.25, 0.3) is 0 Å². The number of fused-ring (bicyclic) bond motifs is 1. The van der Waals surface area contributed by atoms with Crippen LogP contribution in [0.15, 0.2) is 39.7 Å². The molecule has 0 unspecified atom stereocenters. The zero-order valence-electron chi connectivity index (χ0n) is 17.5. The van der Waals surface area contributed by atoms with E-state index in [-0.39, 0.29) is 17.0 Å². The molecule has 1 saturated heterocycles. The molecule has 8 heteroatoms. The fourth-order valence-electron chi connectivity index (χ4n) is 3.99. The Balaban J connectivity index is 1.27. The highest BCUT2D eigenvalue weighted by Crippen LogP contribution is 2.26. The van der Waals surface area contributed by atoms with Gasteiger partial charge in [-0.2, -0.15) is 0 Å². The van der Waals surface area contributed by atoms with E-state index < -0.39 is 0 Å². The van der Waals surface area contributed by atoms with Gasteiger partial charge in [0.1, 0.15) is 17.8 Å². The van der Waals surface area contributed by atoms with Crippen LogP contribution >= 0.6 is 12.1 Å². The molecule has 0 aliphatic carbocycles. The number of halogens is 1. The lowest BCUT2D eigenvalue weighted by molar-refractivity contribution is 0.183. The molecule has 1 aromatic heterocycles. The van der Waals surface area contributed by atoms with Crippen molar-refractivity contribution in [2.45, 2.75) is 32.5 Å². The molecule has 0 saturated carbocycles. The monoisotopic (exact) mass is 433 g/mol. The summed E-state index contributed by atoms with van der Waals surface area (Å²) in [6, 6.07) is 6.39. The van der Waals surface area contributed by atoms with Gasteiger partial charge in [0.05, 0.1) is 13.2 Å². The third-order valence-electron chi connectivity index (χ3n) is 5.51. The zero-order valence-corrected chi connectivity index (χ0v) is 18.3. The van der Waals surface area contributed by atoms with Gasteiger partial charge in [-0.1, -0.05) is 6.07 Å². The summed E-state index contributed by atoms with van der Waals surface area (Å²) in [4.78, 5) is 14.6. The summed E-state index contributed by atoms with van der Waals surface area (Å²) in [6.45, 7) is 4.47. The molecule has 1 aromatic carbocycles. The zero-order chi connectivity index (χ0) is 21.1. The highest BCUT2D eigenvalue weighted by atomic mass is 32.2. The molecule has 0 amide bonds. The Morgan fingerprint density at radius 1 is 1.20 bits per heavy atom. The maximum absolute atomic E-state index is 13.4. The molecule has 30 heavy (non-hydrogen) atoms. The summed E-state index contributed by atoms with van der Waals surface area (Å²) >= 11 is 1.74. The first-order valence-corrected chi connectivity index (χ1v) is 11.0. The Morgan fingerprint density at radius 2 is 1.97 bits per heavy atom. The van der Waals surface area contributed by atoms with Gasteiger partial charge in [-0.3, -0.25) is 9.69 Å². The number of piperidine rings is 1. The van der Waals surface area contributed by atoms with Crippen molar-refractivity contribution in [3.05, 3.63) is 63.5 Å². The van der Waals surface area contributed by atoms with Crippen LogP contribution in [0.1, 0.15) is 29.7 Å². The summed E-state index contributed by atoms with van der Waals surface area (Å²) in [6.07, 6.45) is 3.54. The van der Waals surface area contributed by atoms with E-state index in [2.05, 4.69) is 13.5 Å². The van der Waals surface area contributed by atoms with Crippen LogP contribution in [0, 0.1) is 11.7 Å². The molecule has 1 fully saturated rings. The minimum atomic E-state index is -0.217. The number of hydrogen-bond donors (Lipinski definition) is 0.